The zero-order chi connectivity index (χ0) is 14.7. The molecule has 0 fully saturated rings. The van der Waals surface area contributed by atoms with Crippen molar-refractivity contribution >= 4 is 0 Å². The van der Waals surface area contributed by atoms with Crippen LogP contribution in [-0.4, -0.2) is 39.3 Å². The SMILES string of the molecule is NCCN.NCCN.NCCN.[Ni+2].[O]=[W](=[O])([O-])[O-]. The maximum absolute atomic E-state index is 8.65. The average Bonchev–Trinajstić information content (AvgIpc) is 2.27. The van der Waals surface area contributed by atoms with E-state index in [1.54, 1.807) is 0 Å². The van der Waals surface area contributed by atoms with Gasteiger partial charge in [-0.15, -0.1) is 0 Å². The molecule has 12 heteroatoms. The summed E-state index contributed by atoms with van der Waals surface area (Å²) < 4.78 is 34.6. The first-order valence-electron chi connectivity index (χ1n) is 4.62. The summed E-state index contributed by atoms with van der Waals surface area (Å²) in [7, 11) is 0. The number of rotatable bonds is 3. The van der Waals surface area contributed by atoms with Crippen molar-refractivity contribution < 1.29 is 47.6 Å². The van der Waals surface area contributed by atoms with Gasteiger partial charge in [0.2, 0.25) is 0 Å². The third-order valence-corrected chi connectivity index (χ3v) is 0.500. The molecule has 0 aliphatic rings. The molecule has 0 amide bonds. The summed E-state index contributed by atoms with van der Waals surface area (Å²) in [4.78, 5) is 0. The Morgan fingerprint density at radius 1 is 0.611 bits per heavy atom. The maximum atomic E-state index is 8.65. The molecule has 18 heavy (non-hydrogen) atoms. The van der Waals surface area contributed by atoms with E-state index in [9.17, 15) is 0 Å². The molecule has 0 spiro atoms. The van der Waals surface area contributed by atoms with E-state index >= 15 is 0 Å². The summed E-state index contributed by atoms with van der Waals surface area (Å²) >= 11 is -6.17. The minimum atomic E-state index is -6.17. The van der Waals surface area contributed by atoms with Crippen LogP contribution in [0.15, 0.2) is 0 Å². The summed E-state index contributed by atoms with van der Waals surface area (Å²) in [6, 6.07) is 0. The van der Waals surface area contributed by atoms with Crippen molar-refractivity contribution in [3.8, 4) is 0 Å². The molecular weight excluding hydrogens is 463 g/mol. The quantitative estimate of drug-likeness (QED) is 0.206. The molecule has 0 aliphatic heterocycles. The van der Waals surface area contributed by atoms with Crippen molar-refractivity contribution in [1.29, 1.82) is 0 Å². The van der Waals surface area contributed by atoms with Crippen molar-refractivity contribution in [1.82, 2.24) is 0 Å². The van der Waals surface area contributed by atoms with Gasteiger partial charge in [-0.1, -0.05) is 0 Å². The Morgan fingerprint density at radius 2 is 0.667 bits per heavy atom. The van der Waals surface area contributed by atoms with E-state index < -0.39 is 16.7 Å². The summed E-state index contributed by atoms with van der Waals surface area (Å²) in [5.41, 5.74) is 29.4. The van der Waals surface area contributed by atoms with Crippen LogP contribution in [0.2, 0.25) is 0 Å². The first-order chi connectivity index (χ1) is 7.74. The van der Waals surface area contributed by atoms with Crippen LogP contribution >= 0.6 is 0 Å². The minimum absolute atomic E-state index is 0. The van der Waals surface area contributed by atoms with E-state index in [0.717, 1.165) is 0 Å². The van der Waals surface area contributed by atoms with E-state index in [1.165, 1.54) is 0 Å². The van der Waals surface area contributed by atoms with Crippen molar-refractivity contribution in [3.05, 3.63) is 0 Å². The summed E-state index contributed by atoms with van der Waals surface area (Å²) in [6.45, 7) is 3.58. The molecule has 0 aromatic carbocycles. The van der Waals surface area contributed by atoms with Gasteiger partial charge in [0.1, 0.15) is 0 Å². The second-order valence-electron chi connectivity index (χ2n) is 2.14. The van der Waals surface area contributed by atoms with Crippen molar-refractivity contribution in [2.45, 2.75) is 0 Å². The molecule has 0 heterocycles. The second-order valence-corrected chi connectivity index (χ2v) is 5.07. The van der Waals surface area contributed by atoms with Gasteiger partial charge in [0.05, 0.1) is 0 Å². The van der Waals surface area contributed by atoms with Crippen LogP contribution in [0.3, 0.4) is 0 Å². The summed E-state index contributed by atoms with van der Waals surface area (Å²) in [5, 5.41) is 0. The fraction of sp³-hybridized carbons (Fsp3) is 1.00. The van der Waals surface area contributed by atoms with Crippen LogP contribution in [-0.2, 0) is 40.0 Å². The van der Waals surface area contributed by atoms with E-state index in [1.807, 2.05) is 0 Å². The molecule has 118 valence electrons. The fourth-order valence-corrected chi connectivity index (χ4v) is 0. The van der Waals surface area contributed by atoms with E-state index in [4.69, 9.17) is 48.7 Å². The molecule has 0 aromatic rings. The third-order valence-electron chi connectivity index (χ3n) is 0.500. The Hall–Kier alpha value is 0.462. The van der Waals surface area contributed by atoms with Gasteiger partial charge in [0.25, 0.3) is 0 Å². The van der Waals surface area contributed by atoms with Gasteiger partial charge in [-0.05, 0) is 0 Å². The third kappa shape index (κ3) is 328. The van der Waals surface area contributed by atoms with Crippen LogP contribution in [0.5, 0.6) is 0 Å². The molecule has 0 aliphatic carbocycles. The first kappa shape index (κ1) is 31.1. The van der Waals surface area contributed by atoms with Crippen LogP contribution in [0.4, 0.5) is 0 Å². The predicted molar refractivity (Wildman–Crippen MR) is 55.7 cm³/mol. The Labute approximate surface area is 121 Å². The molecular formula is C6H24N6NiO4W. The second kappa shape index (κ2) is 30.5. The molecule has 10 nitrogen and oxygen atoms in total. The van der Waals surface area contributed by atoms with Gasteiger partial charge >= 0.3 is 47.6 Å². The Kier molecular flexibility index (Phi) is 52.6. The van der Waals surface area contributed by atoms with Crippen molar-refractivity contribution in [2.24, 2.45) is 34.4 Å². The van der Waals surface area contributed by atoms with Crippen molar-refractivity contribution in [2.75, 3.05) is 39.3 Å². The summed E-state index contributed by atoms with van der Waals surface area (Å²) in [5.74, 6) is 0. The monoisotopic (exact) mass is 486 g/mol. The molecule has 0 saturated heterocycles. The van der Waals surface area contributed by atoms with E-state index in [-0.39, 0.29) is 16.5 Å². The predicted octanol–water partition coefficient (Wildman–Crippen LogP) is -5.91. The molecule has 0 bridgehead atoms. The van der Waals surface area contributed by atoms with Gasteiger partial charge in [0.15, 0.2) is 0 Å². The van der Waals surface area contributed by atoms with E-state index in [2.05, 4.69) is 0 Å². The zero-order valence-electron chi connectivity index (χ0n) is 10.1. The molecule has 0 saturated carbocycles. The normalized spacial score (nSPS) is 8.22. The van der Waals surface area contributed by atoms with Crippen LogP contribution in [0.1, 0.15) is 0 Å². The van der Waals surface area contributed by atoms with Crippen molar-refractivity contribution in [3.63, 3.8) is 0 Å². The molecule has 0 aromatic heterocycles. The van der Waals surface area contributed by atoms with Gasteiger partial charge in [0, 0.05) is 39.3 Å². The van der Waals surface area contributed by atoms with Crippen LogP contribution in [0, 0.1) is 0 Å². The van der Waals surface area contributed by atoms with E-state index in [0.29, 0.717) is 39.3 Å². The van der Waals surface area contributed by atoms with Gasteiger partial charge in [-0.3, -0.25) is 0 Å². The Balaban J connectivity index is -0.0000000412. The Bertz CT molecular complexity index is 171. The van der Waals surface area contributed by atoms with Crippen LogP contribution in [0.25, 0.3) is 0 Å². The average molecular weight is 487 g/mol. The molecule has 12 N–H and O–H groups in total. The van der Waals surface area contributed by atoms with Gasteiger partial charge in [-0.2, -0.15) is 0 Å². The van der Waals surface area contributed by atoms with Crippen LogP contribution < -0.4 is 41.9 Å². The van der Waals surface area contributed by atoms with Gasteiger partial charge < -0.3 is 34.4 Å². The topological polar surface area (TPSA) is 236 Å². The van der Waals surface area contributed by atoms with Gasteiger partial charge in [-0.25, -0.2) is 0 Å². The molecule has 0 radical (unpaired) electrons. The zero-order valence-corrected chi connectivity index (χ0v) is 14.0. The summed E-state index contributed by atoms with van der Waals surface area (Å²) in [6.07, 6.45) is 0. The molecule has 0 atom stereocenters. The number of nitrogens with two attached hydrogens (primary N) is 6. The first-order valence-corrected chi connectivity index (χ1v) is 9.41. The Morgan fingerprint density at radius 3 is 0.667 bits per heavy atom. The number of hydrogen-bond donors (Lipinski definition) is 6. The fourth-order valence-electron chi connectivity index (χ4n) is 0. The molecule has 0 unspecified atom stereocenters. The number of hydrogen-bond acceptors (Lipinski definition) is 10. The molecule has 0 rings (SSSR count). The standard InChI is InChI=1S/3C2H8N2.Ni.4O.W/c3*3-1-2-4;;;;;;/h3*1-4H2;;;;;;/q;;;+2;;;2*-1;.